The highest BCUT2D eigenvalue weighted by Gasteiger charge is 2.41. The van der Waals surface area contributed by atoms with E-state index in [1.54, 1.807) is 0 Å². The van der Waals surface area contributed by atoms with Crippen LogP contribution in [-0.4, -0.2) is 48.1 Å². The first-order valence-corrected chi connectivity index (χ1v) is 5.75. The quantitative estimate of drug-likeness (QED) is 0.720. The molecule has 0 aromatic rings. The van der Waals surface area contributed by atoms with E-state index in [4.69, 9.17) is 0 Å². The van der Waals surface area contributed by atoms with Gasteiger partial charge in [0, 0.05) is 25.6 Å². The summed E-state index contributed by atoms with van der Waals surface area (Å²) in [6, 6.07) is 0. The molecule has 0 aromatic carbocycles. The molecular formula is C11H21N3O. The Labute approximate surface area is 91.6 Å². The van der Waals surface area contributed by atoms with E-state index in [1.807, 2.05) is 12.1 Å². The van der Waals surface area contributed by atoms with Crippen LogP contribution >= 0.6 is 0 Å². The molecule has 1 amide bonds. The molecule has 0 radical (unpaired) electrons. The molecule has 0 aromatic heterocycles. The van der Waals surface area contributed by atoms with Gasteiger partial charge in [-0.05, 0) is 39.3 Å². The molecule has 1 unspecified atom stereocenters. The average Bonchev–Trinajstić information content (AvgIpc) is 2.69. The van der Waals surface area contributed by atoms with Crippen molar-refractivity contribution in [2.75, 3.05) is 26.7 Å². The van der Waals surface area contributed by atoms with E-state index in [-0.39, 0.29) is 11.4 Å². The summed E-state index contributed by atoms with van der Waals surface area (Å²) >= 11 is 0. The molecule has 1 N–H and O–H groups in total. The molecule has 2 aliphatic rings. The van der Waals surface area contributed by atoms with Crippen LogP contribution in [-0.2, 0) is 4.79 Å². The van der Waals surface area contributed by atoms with Crippen molar-refractivity contribution in [3.63, 3.8) is 0 Å². The van der Waals surface area contributed by atoms with Gasteiger partial charge in [0.15, 0.2) is 0 Å². The summed E-state index contributed by atoms with van der Waals surface area (Å²) in [7, 11) is 2.02. The SMILES string of the molecule is CN1N(CC2CCNC2)C(=O)CC1(C)C. The highest BCUT2D eigenvalue weighted by atomic mass is 16.2. The maximum atomic E-state index is 11.9. The zero-order valence-electron chi connectivity index (χ0n) is 9.92. The van der Waals surface area contributed by atoms with Crippen molar-refractivity contribution in [2.45, 2.75) is 32.2 Å². The Bertz CT molecular complexity index is 259. The molecule has 4 nitrogen and oxygen atoms in total. The topological polar surface area (TPSA) is 35.6 Å². The van der Waals surface area contributed by atoms with Crippen molar-refractivity contribution in [1.82, 2.24) is 15.3 Å². The van der Waals surface area contributed by atoms with Gasteiger partial charge in [-0.1, -0.05) is 0 Å². The van der Waals surface area contributed by atoms with Gasteiger partial charge in [0.25, 0.3) is 0 Å². The first-order chi connectivity index (χ1) is 7.00. The minimum atomic E-state index is -0.0108. The molecule has 0 bridgehead atoms. The van der Waals surface area contributed by atoms with Gasteiger partial charge in [0.05, 0.1) is 0 Å². The van der Waals surface area contributed by atoms with Crippen molar-refractivity contribution in [2.24, 2.45) is 5.92 Å². The number of hydrogen-bond donors (Lipinski definition) is 1. The molecule has 2 heterocycles. The van der Waals surface area contributed by atoms with Gasteiger partial charge in [-0.2, -0.15) is 0 Å². The lowest BCUT2D eigenvalue weighted by molar-refractivity contribution is -0.139. The normalized spacial score (nSPS) is 31.5. The smallest absolute Gasteiger partial charge is 0.238 e. The van der Waals surface area contributed by atoms with Crippen LogP contribution in [0.5, 0.6) is 0 Å². The van der Waals surface area contributed by atoms with Crippen LogP contribution in [0.3, 0.4) is 0 Å². The van der Waals surface area contributed by atoms with Crippen LogP contribution in [0, 0.1) is 5.92 Å². The lowest BCUT2D eigenvalue weighted by Crippen LogP contribution is -2.46. The lowest BCUT2D eigenvalue weighted by Gasteiger charge is -2.34. The van der Waals surface area contributed by atoms with Gasteiger partial charge >= 0.3 is 0 Å². The van der Waals surface area contributed by atoms with E-state index >= 15 is 0 Å². The van der Waals surface area contributed by atoms with Crippen molar-refractivity contribution in [1.29, 1.82) is 0 Å². The predicted molar refractivity (Wildman–Crippen MR) is 59.1 cm³/mol. The lowest BCUT2D eigenvalue weighted by atomic mass is 10.0. The van der Waals surface area contributed by atoms with E-state index in [1.165, 1.54) is 6.42 Å². The summed E-state index contributed by atoms with van der Waals surface area (Å²) in [5.74, 6) is 0.903. The standard InChI is InChI=1S/C11H21N3O/c1-11(2)6-10(15)14(13(11)3)8-9-4-5-12-7-9/h9,12H,4-8H2,1-3H3. The van der Waals surface area contributed by atoms with Crippen LogP contribution in [0.15, 0.2) is 0 Å². The Morgan fingerprint density at radius 3 is 2.73 bits per heavy atom. The van der Waals surface area contributed by atoms with Crippen LogP contribution in [0.1, 0.15) is 26.7 Å². The fraction of sp³-hybridized carbons (Fsp3) is 0.909. The van der Waals surface area contributed by atoms with Gasteiger partial charge in [-0.3, -0.25) is 9.80 Å². The monoisotopic (exact) mass is 211 g/mol. The summed E-state index contributed by atoms with van der Waals surface area (Å²) in [6.45, 7) is 7.28. The minimum Gasteiger partial charge on any atom is -0.316 e. The molecule has 2 fully saturated rings. The first-order valence-electron chi connectivity index (χ1n) is 5.75. The van der Waals surface area contributed by atoms with Gasteiger partial charge in [0.2, 0.25) is 5.91 Å². The van der Waals surface area contributed by atoms with E-state index < -0.39 is 0 Å². The molecule has 0 spiro atoms. The number of hydrazine groups is 1. The molecule has 2 aliphatic heterocycles. The van der Waals surface area contributed by atoms with E-state index in [0.717, 1.165) is 19.6 Å². The first kappa shape index (κ1) is 10.9. The third-order valence-electron chi connectivity index (χ3n) is 3.70. The summed E-state index contributed by atoms with van der Waals surface area (Å²) < 4.78 is 0. The number of amides is 1. The maximum absolute atomic E-state index is 11.9. The van der Waals surface area contributed by atoms with Crippen LogP contribution in [0.4, 0.5) is 0 Å². The number of nitrogens with one attached hydrogen (secondary N) is 1. The Morgan fingerprint density at radius 2 is 2.27 bits per heavy atom. The molecule has 15 heavy (non-hydrogen) atoms. The minimum absolute atomic E-state index is 0.0108. The fourth-order valence-corrected chi connectivity index (χ4v) is 2.41. The predicted octanol–water partition coefficient (Wildman–Crippen LogP) is 0.454. The Morgan fingerprint density at radius 1 is 1.53 bits per heavy atom. The Hall–Kier alpha value is -0.610. The van der Waals surface area contributed by atoms with Crippen molar-refractivity contribution >= 4 is 5.91 Å². The van der Waals surface area contributed by atoms with E-state index in [9.17, 15) is 4.79 Å². The molecule has 2 rings (SSSR count). The highest BCUT2D eigenvalue weighted by Crippen LogP contribution is 2.29. The summed E-state index contributed by atoms with van der Waals surface area (Å²) in [5.41, 5.74) is -0.0108. The molecule has 0 aliphatic carbocycles. The number of hydrogen-bond acceptors (Lipinski definition) is 3. The zero-order valence-corrected chi connectivity index (χ0v) is 9.92. The largest absolute Gasteiger partial charge is 0.316 e. The number of nitrogens with zero attached hydrogens (tertiary/aromatic N) is 2. The summed E-state index contributed by atoms with van der Waals surface area (Å²) in [5, 5.41) is 7.37. The number of carbonyl (C=O) groups excluding carboxylic acids is 1. The van der Waals surface area contributed by atoms with E-state index in [0.29, 0.717) is 12.3 Å². The van der Waals surface area contributed by atoms with Crippen LogP contribution < -0.4 is 5.32 Å². The second-order valence-corrected chi connectivity index (χ2v) is 5.35. The third-order valence-corrected chi connectivity index (χ3v) is 3.70. The van der Waals surface area contributed by atoms with Gasteiger partial charge < -0.3 is 5.32 Å². The van der Waals surface area contributed by atoms with Gasteiger partial charge in [-0.15, -0.1) is 0 Å². The Balaban J connectivity index is 1.99. The van der Waals surface area contributed by atoms with Crippen molar-refractivity contribution < 1.29 is 4.79 Å². The van der Waals surface area contributed by atoms with Crippen molar-refractivity contribution in [3.8, 4) is 0 Å². The van der Waals surface area contributed by atoms with E-state index in [2.05, 4.69) is 24.2 Å². The molecule has 1 atom stereocenters. The van der Waals surface area contributed by atoms with Gasteiger partial charge in [-0.25, -0.2) is 5.01 Å². The second-order valence-electron chi connectivity index (χ2n) is 5.35. The maximum Gasteiger partial charge on any atom is 0.238 e. The molecule has 2 saturated heterocycles. The molecule has 4 heteroatoms. The highest BCUT2D eigenvalue weighted by molar-refractivity contribution is 5.79. The van der Waals surface area contributed by atoms with Crippen molar-refractivity contribution in [3.05, 3.63) is 0 Å². The zero-order chi connectivity index (χ0) is 11.1. The van der Waals surface area contributed by atoms with Crippen LogP contribution in [0.25, 0.3) is 0 Å². The molecular weight excluding hydrogens is 190 g/mol. The summed E-state index contributed by atoms with van der Waals surface area (Å²) in [4.78, 5) is 11.9. The third kappa shape index (κ3) is 2.01. The molecule has 0 saturated carbocycles. The Kier molecular flexibility index (Phi) is 2.73. The van der Waals surface area contributed by atoms with Gasteiger partial charge in [0.1, 0.15) is 0 Å². The average molecular weight is 211 g/mol. The number of rotatable bonds is 2. The molecule has 86 valence electrons. The fourth-order valence-electron chi connectivity index (χ4n) is 2.41. The number of carbonyl (C=O) groups is 1. The summed E-state index contributed by atoms with van der Waals surface area (Å²) in [6.07, 6.45) is 1.84. The second kappa shape index (κ2) is 3.76. The van der Waals surface area contributed by atoms with Crippen LogP contribution in [0.2, 0.25) is 0 Å².